The molecule has 0 spiro atoms. The molecule has 0 saturated heterocycles. The number of aromatic nitrogens is 2. The first kappa shape index (κ1) is 21.0. The summed E-state index contributed by atoms with van der Waals surface area (Å²) in [7, 11) is -3.47. The molecule has 160 valence electrons. The molecule has 0 bridgehead atoms. The second-order valence-electron chi connectivity index (χ2n) is 7.59. The summed E-state index contributed by atoms with van der Waals surface area (Å²) < 4.78 is 29.1. The molecule has 1 aliphatic rings. The lowest BCUT2D eigenvalue weighted by Gasteiger charge is -2.07. The van der Waals surface area contributed by atoms with Gasteiger partial charge in [0, 0.05) is 36.7 Å². The highest BCUT2D eigenvalue weighted by Gasteiger charge is 2.27. The fourth-order valence-electron chi connectivity index (χ4n) is 3.06. The molecule has 1 fully saturated rings. The molecule has 2 N–H and O–H groups in total. The summed E-state index contributed by atoms with van der Waals surface area (Å²) in [5.74, 6) is 0.692. The number of benzene rings is 2. The summed E-state index contributed by atoms with van der Waals surface area (Å²) in [6.45, 7) is 2.68. The number of carbonyl (C=O) groups is 1. The topological polar surface area (TPSA) is 93.1 Å². The number of hydrogen-bond donors (Lipinski definition) is 2. The first-order valence-corrected chi connectivity index (χ1v) is 11.6. The first-order chi connectivity index (χ1) is 14.9. The van der Waals surface area contributed by atoms with Crippen LogP contribution in [0.15, 0.2) is 71.9 Å². The number of nitrogens with one attached hydrogen (secondary N) is 2. The van der Waals surface area contributed by atoms with Crippen molar-refractivity contribution in [3.05, 3.63) is 84.0 Å². The van der Waals surface area contributed by atoms with Gasteiger partial charge in [-0.1, -0.05) is 24.3 Å². The molecule has 1 amide bonds. The lowest BCUT2D eigenvalue weighted by molar-refractivity contribution is -0.111. The Labute approximate surface area is 181 Å². The van der Waals surface area contributed by atoms with Gasteiger partial charge in [-0.2, -0.15) is 0 Å². The zero-order valence-corrected chi connectivity index (χ0v) is 18.0. The Morgan fingerprint density at radius 2 is 1.84 bits per heavy atom. The van der Waals surface area contributed by atoms with Crippen molar-refractivity contribution >= 4 is 27.7 Å². The Balaban J connectivity index is 1.32. The van der Waals surface area contributed by atoms with Crippen molar-refractivity contribution < 1.29 is 13.2 Å². The Morgan fingerprint density at radius 1 is 1.13 bits per heavy atom. The normalized spacial score (nSPS) is 14.1. The van der Waals surface area contributed by atoms with E-state index in [-0.39, 0.29) is 16.8 Å². The van der Waals surface area contributed by atoms with E-state index in [2.05, 4.69) is 19.6 Å². The lowest BCUT2D eigenvalue weighted by Crippen LogP contribution is -2.25. The predicted octanol–water partition coefficient (Wildman–Crippen LogP) is 3.33. The fourth-order valence-corrected chi connectivity index (χ4v) is 4.37. The van der Waals surface area contributed by atoms with Crippen LogP contribution in [0.1, 0.15) is 29.8 Å². The van der Waals surface area contributed by atoms with Gasteiger partial charge in [0.05, 0.1) is 4.90 Å². The standard InChI is InChI=1S/C23H24N4O3S/c1-17-24-14-15-27(17)16-19-2-7-20(8-3-19)25-23(28)13-6-18-4-11-22(12-5-18)31(29,30)26-21-9-10-21/h2-8,11-15,21,26H,9-10,16H2,1H3,(H,25,28)/b13-6+. The van der Waals surface area contributed by atoms with Crippen molar-refractivity contribution in [2.24, 2.45) is 0 Å². The van der Waals surface area contributed by atoms with E-state index in [1.807, 2.05) is 37.4 Å². The maximum absolute atomic E-state index is 12.2. The molecular weight excluding hydrogens is 412 g/mol. The minimum absolute atomic E-state index is 0.0670. The number of imidazole rings is 1. The Hall–Kier alpha value is -3.23. The quantitative estimate of drug-likeness (QED) is 0.530. The van der Waals surface area contributed by atoms with Gasteiger partial charge in [0.15, 0.2) is 0 Å². The zero-order chi connectivity index (χ0) is 21.8. The van der Waals surface area contributed by atoms with Crippen molar-refractivity contribution in [1.29, 1.82) is 0 Å². The monoisotopic (exact) mass is 436 g/mol. The van der Waals surface area contributed by atoms with E-state index in [9.17, 15) is 13.2 Å². The Kier molecular flexibility index (Phi) is 6.01. The number of anilines is 1. The molecule has 2 aromatic carbocycles. The zero-order valence-electron chi connectivity index (χ0n) is 17.2. The summed E-state index contributed by atoms with van der Waals surface area (Å²) in [5.41, 5.74) is 2.56. The highest BCUT2D eigenvalue weighted by atomic mass is 32.2. The summed E-state index contributed by atoms with van der Waals surface area (Å²) in [5, 5.41) is 2.82. The predicted molar refractivity (Wildman–Crippen MR) is 120 cm³/mol. The van der Waals surface area contributed by atoms with Gasteiger partial charge >= 0.3 is 0 Å². The molecule has 7 nitrogen and oxygen atoms in total. The number of sulfonamides is 1. The second kappa shape index (κ2) is 8.87. The Morgan fingerprint density at radius 3 is 2.45 bits per heavy atom. The highest BCUT2D eigenvalue weighted by Crippen LogP contribution is 2.22. The number of nitrogens with zero attached hydrogens (tertiary/aromatic N) is 2. The molecule has 0 unspecified atom stereocenters. The van der Waals surface area contributed by atoms with E-state index in [0.29, 0.717) is 5.69 Å². The minimum Gasteiger partial charge on any atom is -0.331 e. The number of aryl methyl sites for hydroxylation is 1. The van der Waals surface area contributed by atoms with E-state index in [1.54, 1.807) is 36.5 Å². The van der Waals surface area contributed by atoms with Crippen LogP contribution in [0.4, 0.5) is 5.69 Å². The van der Waals surface area contributed by atoms with E-state index < -0.39 is 10.0 Å². The largest absolute Gasteiger partial charge is 0.331 e. The molecule has 1 aliphatic carbocycles. The van der Waals surface area contributed by atoms with Gasteiger partial charge in [-0.05, 0) is 61.2 Å². The van der Waals surface area contributed by atoms with Crippen LogP contribution in [0.5, 0.6) is 0 Å². The molecule has 31 heavy (non-hydrogen) atoms. The second-order valence-corrected chi connectivity index (χ2v) is 9.30. The van der Waals surface area contributed by atoms with Crippen molar-refractivity contribution in [1.82, 2.24) is 14.3 Å². The van der Waals surface area contributed by atoms with Crippen molar-refractivity contribution in [2.45, 2.75) is 37.2 Å². The van der Waals surface area contributed by atoms with Gasteiger partial charge in [-0.3, -0.25) is 4.79 Å². The molecule has 0 atom stereocenters. The van der Waals surface area contributed by atoms with Gasteiger partial charge in [0.25, 0.3) is 0 Å². The third kappa shape index (κ3) is 5.68. The van der Waals surface area contributed by atoms with Crippen molar-refractivity contribution in [3.8, 4) is 0 Å². The maximum atomic E-state index is 12.2. The molecule has 3 aromatic rings. The number of rotatable bonds is 8. The number of amides is 1. The minimum atomic E-state index is -3.47. The molecule has 0 aliphatic heterocycles. The van der Waals surface area contributed by atoms with Crippen LogP contribution in [0.25, 0.3) is 6.08 Å². The summed E-state index contributed by atoms with van der Waals surface area (Å²) in [4.78, 5) is 16.6. The van der Waals surface area contributed by atoms with E-state index >= 15 is 0 Å². The molecule has 1 saturated carbocycles. The first-order valence-electron chi connectivity index (χ1n) is 10.1. The molecule has 1 heterocycles. The molecular formula is C23H24N4O3S. The Bertz CT molecular complexity index is 1190. The third-order valence-corrected chi connectivity index (χ3v) is 6.55. The van der Waals surface area contributed by atoms with Gasteiger partial charge in [0.1, 0.15) is 5.82 Å². The summed E-state index contributed by atoms with van der Waals surface area (Å²) in [6.07, 6.45) is 8.56. The number of carbonyl (C=O) groups excluding carboxylic acids is 1. The van der Waals surface area contributed by atoms with E-state index in [0.717, 1.165) is 36.3 Å². The van der Waals surface area contributed by atoms with Crippen LogP contribution in [0.3, 0.4) is 0 Å². The van der Waals surface area contributed by atoms with Crippen molar-refractivity contribution in [3.63, 3.8) is 0 Å². The maximum Gasteiger partial charge on any atom is 0.248 e. The van der Waals surface area contributed by atoms with Crippen molar-refractivity contribution in [2.75, 3.05) is 5.32 Å². The molecule has 8 heteroatoms. The number of hydrogen-bond acceptors (Lipinski definition) is 4. The fraction of sp³-hybridized carbons (Fsp3) is 0.217. The smallest absolute Gasteiger partial charge is 0.248 e. The SMILES string of the molecule is Cc1nccn1Cc1ccc(NC(=O)/C=C/c2ccc(S(=O)(=O)NC3CC3)cc2)cc1. The average Bonchev–Trinajstić information content (AvgIpc) is 3.47. The van der Waals surface area contributed by atoms with Gasteiger partial charge in [-0.15, -0.1) is 0 Å². The van der Waals surface area contributed by atoms with E-state index in [4.69, 9.17) is 0 Å². The molecule has 1 aromatic heterocycles. The van der Waals surface area contributed by atoms with Crippen LogP contribution >= 0.6 is 0 Å². The van der Waals surface area contributed by atoms with Crippen LogP contribution in [-0.2, 0) is 21.4 Å². The van der Waals surface area contributed by atoms with Crippen LogP contribution in [0, 0.1) is 6.92 Å². The summed E-state index contributed by atoms with van der Waals surface area (Å²) >= 11 is 0. The molecule has 4 rings (SSSR count). The third-order valence-electron chi connectivity index (χ3n) is 5.01. The summed E-state index contributed by atoms with van der Waals surface area (Å²) in [6, 6.07) is 14.2. The van der Waals surface area contributed by atoms with Gasteiger partial charge < -0.3 is 9.88 Å². The van der Waals surface area contributed by atoms with E-state index in [1.165, 1.54) is 6.08 Å². The van der Waals surface area contributed by atoms with Crippen LogP contribution in [0.2, 0.25) is 0 Å². The lowest BCUT2D eigenvalue weighted by atomic mass is 10.2. The molecule has 0 radical (unpaired) electrons. The van der Waals surface area contributed by atoms with Crippen LogP contribution < -0.4 is 10.0 Å². The highest BCUT2D eigenvalue weighted by molar-refractivity contribution is 7.89. The van der Waals surface area contributed by atoms with Gasteiger partial charge in [-0.25, -0.2) is 18.1 Å². The average molecular weight is 437 g/mol. The van der Waals surface area contributed by atoms with Crippen LogP contribution in [-0.4, -0.2) is 29.9 Å². The van der Waals surface area contributed by atoms with Gasteiger partial charge in [0.2, 0.25) is 15.9 Å².